The Hall–Kier alpha value is -1.31. The van der Waals surface area contributed by atoms with Crippen molar-refractivity contribution in [2.75, 3.05) is 6.61 Å². The topological polar surface area (TPSA) is 26.3 Å². The number of hydrogen-bond donors (Lipinski definition) is 0. The van der Waals surface area contributed by atoms with Crippen molar-refractivity contribution in [3.8, 4) is 5.75 Å². The Balaban J connectivity index is 2.06. The fraction of sp³-hybridized carbons (Fsp3) is 0.632. The standard InChI is InChI=1S/C19H30O2/c1-3-5-6-7-8-9-10-11-16-21-18-14-12-17(13-15-18)19(20)4-2/h12-15H,3-11,16H2,1-2H3. The Morgan fingerprint density at radius 1 is 0.857 bits per heavy atom. The van der Waals surface area contributed by atoms with Crippen LogP contribution in [0.2, 0.25) is 0 Å². The molecular formula is C19H30O2. The lowest BCUT2D eigenvalue weighted by atomic mass is 10.1. The van der Waals surface area contributed by atoms with Gasteiger partial charge in [0.2, 0.25) is 0 Å². The minimum Gasteiger partial charge on any atom is -0.494 e. The summed E-state index contributed by atoms with van der Waals surface area (Å²) < 4.78 is 5.71. The van der Waals surface area contributed by atoms with Crippen LogP contribution in [0.4, 0.5) is 0 Å². The summed E-state index contributed by atoms with van der Waals surface area (Å²) in [6.07, 6.45) is 11.0. The average Bonchev–Trinajstić information content (AvgIpc) is 2.53. The molecule has 118 valence electrons. The molecule has 0 aliphatic rings. The fourth-order valence-corrected chi connectivity index (χ4v) is 2.37. The summed E-state index contributed by atoms with van der Waals surface area (Å²) in [5, 5.41) is 0. The third kappa shape index (κ3) is 7.89. The van der Waals surface area contributed by atoms with E-state index in [1.54, 1.807) is 0 Å². The highest BCUT2D eigenvalue weighted by Crippen LogP contribution is 2.14. The third-order valence-corrected chi connectivity index (χ3v) is 3.76. The molecule has 0 spiro atoms. The van der Waals surface area contributed by atoms with Gasteiger partial charge in [-0.2, -0.15) is 0 Å². The highest BCUT2D eigenvalue weighted by atomic mass is 16.5. The number of unbranched alkanes of at least 4 members (excludes halogenated alkanes) is 7. The molecule has 0 aromatic heterocycles. The van der Waals surface area contributed by atoms with Crippen molar-refractivity contribution in [2.24, 2.45) is 0 Å². The zero-order valence-corrected chi connectivity index (χ0v) is 13.7. The molecule has 1 aromatic carbocycles. The Morgan fingerprint density at radius 3 is 2.00 bits per heavy atom. The Bertz CT molecular complexity index is 381. The van der Waals surface area contributed by atoms with Crippen molar-refractivity contribution in [1.29, 1.82) is 0 Å². The van der Waals surface area contributed by atoms with Crippen molar-refractivity contribution in [1.82, 2.24) is 0 Å². The number of Topliss-reactive ketones (excluding diaryl/α,β-unsaturated/α-hetero) is 1. The lowest BCUT2D eigenvalue weighted by Gasteiger charge is -2.07. The quantitative estimate of drug-likeness (QED) is 0.359. The van der Waals surface area contributed by atoms with E-state index < -0.39 is 0 Å². The first kappa shape index (κ1) is 17.7. The van der Waals surface area contributed by atoms with Crippen molar-refractivity contribution in [3.05, 3.63) is 29.8 Å². The van der Waals surface area contributed by atoms with E-state index in [0.29, 0.717) is 6.42 Å². The molecule has 0 heterocycles. The summed E-state index contributed by atoms with van der Waals surface area (Å²) in [5.41, 5.74) is 0.775. The second kappa shape index (κ2) is 11.4. The normalized spacial score (nSPS) is 10.6. The lowest BCUT2D eigenvalue weighted by molar-refractivity contribution is 0.0988. The van der Waals surface area contributed by atoms with Crippen LogP contribution < -0.4 is 4.74 Å². The second-order valence-corrected chi connectivity index (χ2v) is 5.62. The molecule has 0 N–H and O–H groups in total. The molecule has 2 heteroatoms. The molecule has 0 bridgehead atoms. The zero-order chi connectivity index (χ0) is 15.3. The van der Waals surface area contributed by atoms with Gasteiger partial charge in [0.25, 0.3) is 0 Å². The number of benzene rings is 1. The van der Waals surface area contributed by atoms with Gasteiger partial charge < -0.3 is 4.74 Å². The van der Waals surface area contributed by atoms with Crippen molar-refractivity contribution in [3.63, 3.8) is 0 Å². The van der Waals surface area contributed by atoms with Crippen LogP contribution in [0, 0.1) is 0 Å². The van der Waals surface area contributed by atoms with E-state index in [-0.39, 0.29) is 5.78 Å². The summed E-state index contributed by atoms with van der Waals surface area (Å²) in [6, 6.07) is 7.51. The van der Waals surface area contributed by atoms with Gasteiger partial charge in [0.15, 0.2) is 5.78 Å². The lowest BCUT2D eigenvalue weighted by Crippen LogP contribution is -1.99. The minimum absolute atomic E-state index is 0.185. The third-order valence-electron chi connectivity index (χ3n) is 3.76. The van der Waals surface area contributed by atoms with Gasteiger partial charge in [0.05, 0.1) is 6.61 Å². The molecular weight excluding hydrogens is 260 g/mol. The van der Waals surface area contributed by atoms with E-state index in [1.807, 2.05) is 31.2 Å². The van der Waals surface area contributed by atoms with Gasteiger partial charge in [-0.05, 0) is 30.7 Å². The average molecular weight is 290 g/mol. The van der Waals surface area contributed by atoms with Crippen molar-refractivity contribution >= 4 is 5.78 Å². The van der Waals surface area contributed by atoms with Gasteiger partial charge in [-0.25, -0.2) is 0 Å². The summed E-state index contributed by atoms with van der Waals surface area (Å²) >= 11 is 0. The zero-order valence-electron chi connectivity index (χ0n) is 13.7. The van der Waals surface area contributed by atoms with Gasteiger partial charge in [-0.15, -0.1) is 0 Å². The van der Waals surface area contributed by atoms with Crippen LogP contribution in [0.1, 0.15) is 82.0 Å². The number of ether oxygens (including phenoxy) is 1. The summed E-state index contributed by atoms with van der Waals surface area (Å²) in [4.78, 5) is 11.5. The molecule has 21 heavy (non-hydrogen) atoms. The molecule has 0 radical (unpaired) electrons. The van der Waals surface area contributed by atoms with E-state index in [2.05, 4.69) is 6.92 Å². The Kier molecular flexibility index (Phi) is 9.60. The highest BCUT2D eigenvalue weighted by molar-refractivity contribution is 5.95. The van der Waals surface area contributed by atoms with Crippen LogP contribution in [0.25, 0.3) is 0 Å². The van der Waals surface area contributed by atoms with Crippen LogP contribution >= 0.6 is 0 Å². The van der Waals surface area contributed by atoms with E-state index in [0.717, 1.165) is 24.3 Å². The molecule has 0 aliphatic carbocycles. The Morgan fingerprint density at radius 2 is 1.43 bits per heavy atom. The molecule has 0 saturated heterocycles. The van der Waals surface area contributed by atoms with E-state index in [1.165, 1.54) is 44.9 Å². The summed E-state index contributed by atoms with van der Waals surface area (Å²) in [5.74, 6) is 1.05. The highest BCUT2D eigenvalue weighted by Gasteiger charge is 2.02. The maximum atomic E-state index is 11.5. The van der Waals surface area contributed by atoms with Crippen LogP contribution in [-0.4, -0.2) is 12.4 Å². The molecule has 1 aromatic rings. The predicted molar refractivity (Wildman–Crippen MR) is 89.2 cm³/mol. The number of carbonyl (C=O) groups is 1. The first-order valence-electron chi connectivity index (χ1n) is 8.54. The van der Waals surface area contributed by atoms with Gasteiger partial charge in [0.1, 0.15) is 5.75 Å². The van der Waals surface area contributed by atoms with Crippen LogP contribution in [-0.2, 0) is 0 Å². The first-order valence-corrected chi connectivity index (χ1v) is 8.54. The largest absolute Gasteiger partial charge is 0.494 e. The Labute approximate surface area is 129 Å². The monoisotopic (exact) mass is 290 g/mol. The maximum absolute atomic E-state index is 11.5. The van der Waals surface area contributed by atoms with E-state index in [4.69, 9.17) is 4.74 Å². The first-order chi connectivity index (χ1) is 10.3. The van der Waals surface area contributed by atoms with Gasteiger partial charge in [0, 0.05) is 12.0 Å². The molecule has 0 saturated carbocycles. The van der Waals surface area contributed by atoms with E-state index >= 15 is 0 Å². The molecule has 0 unspecified atom stereocenters. The predicted octanol–water partition coefficient (Wildman–Crippen LogP) is 5.80. The molecule has 0 atom stereocenters. The minimum atomic E-state index is 0.185. The number of ketones is 1. The number of rotatable bonds is 12. The number of carbonyl (C=O) groups excluding carboxylic acids is 1. The van der Waals surface area contributed by atoms with Crippen molar-refractivity contribution < 1.29 is 9.53 Å². The van der Waals surface area contributed by atoms with E-state index in [9.17, 15) is 4.79 Å². The summed E-state index contributed by atoms with van der Waals surface area (Å²) in [7, 11) is 0. The molecule has 0 fully saturated rings. The number of hydrogen-bond acceptors (Lipinski definition) is 2. The van der Waals surface area contributed by atoms with Gasteiger partial charge in [-0.3, -0.25) is 4.79 Å². The SMILES string of the molecule is CCCCCCCCCCOc1ccc(C(=O)CC)cc1. The van der Waals surface area contributed by atoms with Gasteiger partial charge in [-0.1, -0.05) is 58.8 Å². The smallest absolute Gasteiger partial charge is 0.162 e. The fourth-order valence-electron chi connectivity index (χ4n) is 2.37. The van der Waals surface area contributed by atoms with Crippen LogP contribution in [0.15, 0.2) is 24.3 Å². The summed E-state index contributed by atoms with van der Waals surface area (Å²) in [6.45, 7) is 4.91. The molecule has 2 nitrogen and oxygen atoms in total. The molecule has 0 aliphatic heterocycles. The van der Waals surface area contributed by atoms with Crippen molar-refractivity contribution in [2.45, 2.75) is 71.6 Å². The molecule has 1 rings (SSSR count). The maximum Gasteiger partial charge on any atom is 0.162 e. The molecule has 0 amide bonds. The second-order valence-electron chi connectivity index (χ2n) is 5.62. The van der Waals surface area contributed by atoms with Gasteiger partial charge >= 0.3 is 0 Å². The van der Waals surface area contributed by atoms with Crippen LogP contribution in [0.3, 0.4) is 0 Å². The van der Waals surface area contributed by atoms with Crippen LogP contribution in [0.5, 0.6) is 5.75 Å².